The fraction of sp³-hybridized carbons (Fsp3) is 0.667. The molecule has 3 nitrogen and oxygen atoms in total. The van der Waals surface area contributed by atoms with Crippen molar-refractivity contribution in [3.63, 3.8) is 0 Å². The van der Waals surface area contributed by atoms with E-state index in [-0.39, 0.29) is 11.9 Å². The number of rotatable bonds is 2. The SMILES string of the molecule is C=CC(=O)N[C@H]1CCOCC1C. The predicted octanol–water partition coefficient (Wildman–Crippen LogP) is 0.714. The van der Waals surface area contributed by atoms with Gasteiger partial charge in [-0.05, 0) is 18.4 Å². The number of hydrogen-bond acceptors (Lipinski definition) is 2. The van der Waals surface area contributed by atoms with E-state index >= 15 is 0 Å². The summed E-state index contributed by atoms with van der Waals surface area (Å²) in [6.45, 7) is 6.97. The van der Waals surface area contributed by atoms with Crippen molar-refractivity contribution in [2.45, 2.75) is 19.4 Å². The molecule has 1 N–H and O–H groups in total. The molecule has 0 aromatic heterocycles. The van der Waals surface area contributed by atoms with Crippen molar-refractivity contribution in [3.05, 3.63) is 12.7 Å². The van der Waals surface area contributed by atoms with E-state index < -0.39 is 0 Å². The van der Waals surface area contributed by atoms with Gasteiger partial charge in [-0.25, -0.2) is 0 Å². The minimum absolute atomic E-state index is 0.0891. The summed E-state index contributed by atoms with van der Waals surface area (Å²) in [6.07, 6.45) is 2.21. The Balaban J connectivity index is 2.38. The average Bonchev–Trinajstić information content (AvgIpc) is 2.09. The van der Waals surface area contributed by atoms with Gasteiger partial charge in [0.2, 0.25) is 5.91 Å². The molecule has 0 aliphatic carbocycles. The van der Waals surface area contributed by atoms with Crippen LogP contribution in [-0.4, -0.2) is 25.2 Å². The zero-order chi connectivity index (χ0) is 8.97. The molecule has 3 heteroatoms. The van der Waals surface area contributed by atoms with E-state index in [1.807, 2.05) is 0 Å². The van der Waals surface area contributed by atoms with Crippen LogP contribution in [0.3, 0.4) is 0 Å². The van der Waals surface area contributed by atoms with Gasteiger partial charge < -0.3 is 10.1 Å². The Morgan fingerprint density at radius 3 is 3.08 bits per heavy atom. The molecule has 68 valence electrons. The molecule has 1 amide bonds. The quantitative estimate of drug-likeness (QED) is 0.618. The lowest BCUT2D eigenvalue weighted by molar-refractivity contribution is -0.118. The Labute approximate surface area is 72.8 Å². The highest BCUT2D eigenvalue weighted by atomic mass is 16.5. The first-order valence-corrected chi connectivity index (χ1v) is 4.24. The molecule has 1 aliphatic heterocycles. The van der Waals surface area contributed by atoms with E-state index in [9.17, 15) is 4.79 Å². The van der Waals surface area contributed by atoms with Gasteiger partial charge in [-0.1, -0.05) is 13.5 Å². The highest BCUT2D eigenvalue weighted by Crippen LogP contribution is 2.13. The van der Waals surface area contributed by atoms with Gasteiger partial charge in [0, 0.05) is 12.6 Å². The van der Waals surface area contributed by atoms with Crippen LogP contribution in [0.2, 0.25) is 0 Å². The molecule has 1 aliphatic rings. The Hall–Kier alpha value is -0.830. The lowest BCUT2D eigenvalue weighted by Gasteiger charge is -2.29. The standard InChI is InChI=1S/C9H15NO2/c1-3-9(11)10-8-4-5-12-6-7(8)2/h3,7-8H,1,4-6H2,2H3,(H,10,11)/t7?,8-/m0/s1. The second kappa shape index (κ2) is 4.26. The van der Waals surface area contributed by atoms with E-state index in [0.717, 1.165) is 19.6 Å². The summed E-state index contributed by atoms with van der Waals surface area (Å²) in [5, 5.41) is 2.88. The maximum Gasteiger partial charge on any atom is 0.243 e. The smallest absolute Gasteiger partial charge is 0.243 e. The maximum atomic E-state index is 11.0. The molecule has 0 aromatic carbocycles. The predicted molar refractivity (Wildman–Crippen MR) is 46.7 cm³/mol. The zero-order valence-corrected chi connectivity index (χ0v) is 7.38. The molecular weight excluding hydrogens is 154 g/mol. The minimum Gasteiger partial charge on any atom is -0.381 e. The second-order valence-electron chi connectivity index (χ2n) is 3.16. The Bertz CT molecular complexity index is 179. The van der Waals surface area contributed by atoms with Crippen LogP contribution >= 0.6 is 0 Å². The molecule has 1 heterocycles. The lowest BCUT2D eigenvalue weighted by Crippen LogP contribution is -2.43. The fourth-order valence-electron chi connectivity index (χ4n) is 1.34. The summed E-state index contributed by atoms with van der Waals surface area (Å²) < 4.78 is 5.25. The van der Waals surface area contributed by atoms with E-state index in [0.29, 0.717) is 5.92 Å². The molecule has 2 atom stereocenters. The van der Waals surface area contributed by atoms with Gasteiger partial charge in [-0.15, -0.1) is 0 Å². The first-order chi connectivity index (χ1) is 5.74. The topological polar surface area (TPSA) is 38.3 Å². The number of carbonyl (C=O) groups excluding carboxylic acids is 1. The van der Waals surface area contributed by atoms with Gasteiger partial charge in [-0.2, -0.15) is 0 Å². The molecule has 0 spiro atoms. The van der Waals surface area contributed by atoms with Gasteiger partial charge >= 0.3 is 0 Å². The normalized spacial score (nSPS) is 29.4. The zero-order valence-electron chi connectivity index (χ0n) is 7.38. The maximum absolute atomic E-state index is 11.0. The van der Waals surface area contributed by atoms with Crippen molar-refractivity contribution in [2.24, 2.45) is 5.92 Å². The van der Waals surface area contributed by atoms with Gasteiger partial charge in [-0.3, -0.25) is 4.79 Å². The van der Waals surface area contributed by atoms with Crippen molar-refractivity contribution in [1.29, 1.82) is 0 Å². The molecule has 0 aromatic rings. The van der Waals surface area contributed by atoms with E-state index in [1.165, 1.54) is 6.08 Å². The first-order valence-electron chi connectivity index (χ1n) is 4.24. The molecule has 0 radical (unpaired) electrons. The fourth-order valence-corrected chi connectivity index (χ4v) is 1.34. The Morgan fingerprint density at radius 1 is 1.75 bits per heavy atom. The van der Waals surface area contributed by atoms with Crippen LogP contribution in [0.1, 0.15) is 13.3 Å². The molecule has 12 heavy (non-hydrogen) atoms. The highest BCUT2D eigenvalue weighted by molar-refractivity contribution is 5.87. The third kappa shape index (κ3) is 2.34. The van der Waals surface area contributed by atoms with Crippen LogP contribution < -0.4 is 5.32 Å². The highest BCUT2D eigenvalue weighted by Gasteiger charge is 2.22. The summed E-state index contributed by atoms with van der Waals surface area (Å²) in [4.78, 5) is 11.0. The number of hydrogen-bond donors (Lipinski definition) is 1. The number of ether oxygens (including phenoxy) is 1. The molecular formula is C9H15NO2. The molecule has 0 bridgehead atoms. The summed E-state index contributed by atoms with van der Waals surface area (Å²) in [7, 11) is 0. The second-order valence-corrected chi connectivity index (χ2v) is 3.16. The van der Waals surface area contributed by atoms with E-state index in [1.54, 1.807) is 0 Å². The van der Waals surface area contributed by atoms with Crippen LogP contribution in [-0.2, 0) is 9.53 Å². The van der Waals surface area contributed by atoms with Crippen LogP contribution in [0.4, 0.5) is 0 Å². The number of nitrogens with one attached hydrogen (secondary N) is 1. The van der Waals surface area contributed by atoms with Crippen molar-refractivity contribution >= 4 is 5.91 Å². The van der Waals surface area contributed by atoms with Gasteiger partial charge in [0.05, 0.1) is 6.61 Å². The summed E-state index contributed by atoms with van der Waals surface area (Å²) >= 11 is 0. The number of carbonyl (C=O) groups is 1. The van der Waals surface area contributed by atoms with Crippen molar-refractivity contribution in [1.82, 2.24) is 5.32 Å². The molecule has 1 saturated heterocycles. The summed E-state index contributed by atoms with van der Waals surface area (Å²) in [5.74, 6) is 0.316. The van der Waals surface area contributed by atoms with Crippen molar-refractivity contribution in [3.8, 4) is 0 Å². The van der Waals surface area contributed by atoms with Crippen LogP contribution in [0.25, 0.3) is 0 Å². The summed E-state index contributed by atoms with van der Waals surface area (Å²) in [6, 6.07) is 0.254. The number of amides is 1. The van der Waals surface area contributed by atoms with Crippen LogP contribution in [0.5, 0.6) is 0 Å². The molecule has 1 fully saturated rings. The molecule has 0 saturated carbocycles. The Morgan fingerprint density at radius 2 is 2.50 bits per heavy atom. The molecule has 1 unspecified atom stereocenters. The first kappa shape index (κ1) is 9.26. The lowest BCUT2D eigenvalue weighted by atomic mass is 9.98. The Kier molecular flexibility index (Phi) is 3.29. The van der Waals surface area contributed by atoms with Crippen LogP contribution in [0.15, 0.2) is 12.7 Å². The van der Waals surface area contributed by atoms with Gasteiger partial charge in [0.15, 0.2) is 0 Å². The third-order valence-electron chi connectivity index (χ3n) is 2.15. The van der Waals surface area contributed by atoms with Gasteiger partial charge in [0.25, 0.3) is 0 Å². The van der Waals surface area contributed by atoms with Gasteiger partial charge in [0.1, 0.15) is 0 Å². The van der Waals surface area contributed by atoms with Crippen molar-refractivity contribution in [2.75, 3.05) is 13.2 Å². The third-order valence-corrected chi connectivity index (χ3v) is 2.15. The van der Waals surface area contributed by atoms with Crippen LogP contribution in [0, 0.1) is 5.92 Å². The van der Waals surface area contributed by atoms with E-state index in [4.69, 9.17) is 4.74 Å². The van der Waals surface area contributed by atoms with E-state index in [2.05, 4.69) is 18.8 Å². The molecule has 1 rings (SSSR count). The van der Waals surface area contributed by atoms with Crippen molar-refractivity contribution < 1.29 is 9.53 Å². The monoisotopic (exact) mass is 169 g/mol. The largest absolute Gasteiger partial charge is 0.381 e. The minimum atomic E-state index is -0.0891. The average molecular weight is 169 g/mol. The summed E-state index contributed by atoms with van der Waals surface area (Å²) in [5.41, 5.74) is 0.